The van der Waals surface area contributed by atoms with E-state index in [-0.39, 0.29) is 12.2 Å². The maximum absolute atomic E-state index is 6.15. The van der Waals surface area contributed by atoms with Crippen molar-refractivity contribution in [2.24, 2.45) is 0 Å². The summed E-state index contributed by atoms with van der Waals surface area (Å²) in [6.45, 7) is 5.05. The molecule has 4 aromatic rings. The quantitative estimate of drug-likeness (QED) is 0.507. The Hall–Kier alpha value is -3.04. The molecule has 0 bridgehead atoms. The van der Waals surface area contributed by atoms with Crippen LogP contribution in [0.1, 0.15) is 24.7 Å². The molecule has 0 aliphatic carbocycles. The number of nitrogens with zero attached hydrogens (tertiary/aromatic N) is 7. The fourth-order valence-electron chi connectivity index (χ4n) is 3.49. The minimum Gasteiger partial charge on any atom is -0.362 e. The summed E-state index contributed by atoms with van der Waals surface area (Å²) in [5.41, 5.74) is 1.56. The molecule has 148 valence electrons. The number of anilines is 1. The van der Waals surface area contributed by atoms with Gasteiger partial charge in [-0.3, -0.25) is 4.40 Å². The van der Waals surface area contributed by atoms with Crippen LogP contribution in [0.15, 0.2) is 41.3 Å². The molecule has 29 heavy (non-hydrogen) atoms. The molecule has 1 aliphatic heterocycles. The highest BCUT2D eigenvalue weighted by Gasteiger charge is 2.31. The molecule has 0 unspecified atom stereocenters. The molecule has 5 heterocycles. The van der Waals surface area contributed by atoms with E-state index in [2.05, 4.69) is 25.0 Å². The van der Waals surface area contributed by atoms with Gasteiger partial charge in [0.05, 0.1) is 23.9 Å². The first-order valence-electron chi connectivity index (χ1n) is 9.23. The number of morpholine rings is 1. The Morgan fingerprint density at radius 1 is 1.14 bits per heavy atom. The highest BCUT2D eigenvalue weighted by Crippen LogP contribution is 2.28. The Labute approximate surface area is 171 Å². The molecule has 5 rings (SSSR count). The average Bonchev–Trinajstić information content (AvgIpc) is 3.33. The van der Waals surface area contributed by atoms with Gasteiger partial charge in [0.15, 0.2) is 17.8 Å². The van der Waals surface area contributed by atoms with Gasteiger partial charge in [-0.2, -0.15) is 4.98 Å². The fraction of sp³-hybridized carbons (Fsp3) is 0.316. The van der Waals surface area contributed by atoms with Crippen LogP contribution >= 0.6 is 11.6 Å². The zero-order valence-electron chi connectivity index (χ0n) is 15.9. The third-order valence-electron chi connectivity index (χ3n) is 4.74. The third kappa shape index (κ3) is 3.43. The molecule has 10 heteroatoms. The number of aryl methyl sites for hydroxylation is 1. The van der Waals surface area contributed by atoms with Crippen LogP contribution in [-0.4, -0.2) is 48.7 Å². The first-order chi connectivity index (χ1) is 14.1. The Bertz CT molecular complexity index is 1170. The van der Waals surface area contributed by atoms with E-state index >= 15 is 0 Å². The molecule has 1 aliphatic rings. The summed E-state index contributed by atoms with van der Waals surface area (Å²) >= 11 is 6.15. The van der Waals surface area contributed by atoms with E-state index in [0.717, 1.165) is 17.2 Å². The van der Waals surface area contributed by atoms with Crippen LogP contribution in [0, 0.1) is 6.92 Å². The second-order valence-corrected chi connectivity index (χ2v) is 7.41. The van der Waals surface area contributed by atoms with E-state index in [0.29, 0.717) is 35.7 Å². The van der Waals surface area contributed by atoms with Gasteiger partial charge in [-0.05, 0) is 32.0 Å². The maximum Gasteiger partial charge on any atom is 0.257 e. The lowest BCUT2D eigenvalue weighted by atomic mass is 10.2. The lowest BCUT2D eigenvalue weighted by molar-refractivity contribution is -0.0333. The summed E-state index contributed by atoms with van der Waals surface area (Å²) in [6.07, 6.45) is 4.96. The van der Waals surface area contributed by atoms with Crippen LogP contribution in [0.25, 0.3) is 17.2 Å². The predicted molar refractivity (Wildman–Crippen MR) is 106 cm³/mol. The molecular weight excluding hydrogens is 394 g/mol. The number of rotatable bonds is 3. The first-order valence-corrected chi connectivity index (χ1v) is 9.61. The smallest absolute Gasteiger partial charge is 0.257 e. The normalized spacial score (nSPS) is 19.8. The number of ether oxygens (including phenoxy) is 1. The van der Waals surface area contributed by atoms with Gasteiger partial charge in [0, 0.05) is 18.9 Å². The van der Waals surface area contributed by atoms with E-state index in [4.69, 9.17) is 25.8 Å². The van der Waals surface area contributed by atoms with Gasteiger partial charge >= 0.3 is 0 Å². The molecule has 2 atom stereocenters. The van der Waals surface area contributed by atoms with Gasteiger partial charge in [0.2, 0.25) is 0 Å². The summed E-state index contributed by atoms with van der Waals surface area (Å²) in [6, 6.07) is 5.55. The van der Waals surface area contributed by atoms with Gasteiger partial charge in [-0.25, -0.2) is 15.0 Å². The first kappa shape index (κ1) is 18.0. The molecule has 0 N–H and O–H groups in total. The van der Waals surface area contributed by atoms with Gasteiger partial charge in [-0.15, -0.1) is 0 Å². The number of imidazole rings is 1. The Morgan fingerprint density at radius 3 is 2.86 bits per heavy atom. The van der Waals surface area contributed by atoms with Crippen molar-refractivity contribution in [3.8, 4) is 11.5 Å². The molecule has 0 amide bonds. The van der Waals surface area contributed by atoms with Crippen molar-refractivity contribution < 1.29 is 9.26 Å². The van der Waals surface area contributed by atoms with Crippen molar-refractivity contribution in [3.63, 3.8) is 0 Å². The minimum atomic E-state index is -0.312. The van der Waals surface area contributed by atoms with Crippen molar-refractivity contribution >= 4 is 23.1 Å². The number of hydrogen-bond acceptors (Lipinski definition) is 8. The zero-order valence-corrected chi connectivity index (χ0v) is 16.6. The Morgan fingerprint density at radius 2 is 2.03 bits per heavy atom. The predicted octanol–water partition coefficient (Wildman–Crippen LogP) is 3.10. The number of hydrogen-bond donors (Lipinski definition) is 0. The summed E-state index contributed by atoms with van der Waals surface area (Å²) in [4.78, 5) is 20.1. The van der Waals surface area contributed by atoms with E-state index in [1.165, 1.54) is 0 Å². The molecular formula is C19H18ClN7O2. The number of aromatic nitrogens is 6. The molecule has 1 fully saturated rings. The Balaban J connectivity index is 1.48. The lowest BCUT2D eigenvalue weighted by Crippen LogP contribution is -2.43. The molecule has 0 spiro atoms. The largest absolute Gasteiger partial charge is 0.362 e. The van der Waals surface area contributed by atoms with Crippen LogP contribution in [0.5, 0.6) is 0 Å². The molecule has 9 nitrogen and oxygen atoms in total. The van der Waals surface area contributed by atoms with E-state index in [1.807, 2.05) is 23.5 Å². The van der Waals surface area contributed by atoms with Crippen molar-refractivity contribution in [2.75, 3.05) is 18.0 Å². The van der Waals surface area contributed by atoms with Crippen LogP contribution < -0.4 is 4.90 Å². The molecule has 1 saturated heterocycles. The van der Waals surface area contributed by atoms with Crippen LogP contribution in [0.2, 0.25) is 5.02 Å². The molecule has 4 aromatic heterocycles. The van der Waals surface area contributed by atoms with Crippen molar-refractivity contribution in [1.29, 1.82) is 0 Å². The van der Waals surface area contributed by atoms with Crippen molar-refractivity contribution in [1.82, 2.24) is 29.5 Å². The maximum atomic E-state index is 6.15. The average molecular weight is 412 g/mol. The number of halogens is 1. The van der Waals surface area contributed by atoms with Crippen molar-refractivity contribution in [3.05, 3.63) is 53.5 Å². The van der Waals surface area contributed by atoms with Gasteiger partial charge in [0.25, 0.3) is 5.89 Å². The zero-order chi connectivity index (χ0) is 20.0. The van der Waals surface area contributed by atoms with E-state index < -0.39 is 0 Å². The van der Waals surface area contributed by atoms with Gasteiger partial charge < -0.3 is 14.2 Å². The highest BCUT2D eigenvalue weighted by atomic mass is 35.5. The van der Waals surface area contributed by atoms with E-state index in [1.54, 1.807) is 31.6 Å². The third-order valence-corrected chi connectivity index (χ3v) is 4.97. The lowest BCUT2D eigenvalue weighted by Gasteiger charge is -2.36. The fourth-order valence-corrected chi connectivity index (χ4v) is 3.65. The van der Waals surface area contributed by atoms with Crippen LogP contribution in [-0.2, 0) is 4.74 Å². The summed E-state index contributed by atoms with van der Waals surface area (Å²) < 4.78 is 13.2. The van der Waals surface area contributed by atoms with E-state index in [9.17, 15) is 0 Å². The van der Waals surface area contributed by atoms with Crippen LogP contribution in [0.3, 0.4) is 0 Å². The van der Waals surface area contributed by atoms with Crippen molar-refractivity contribution in [2.45, 2.75) is 26.1 Å². The Kier molecular flexibility index (Phi) is 4.40. The standard InChI is InChI=1S/C19H18ClN7O2/c1-11-8-26(10-15(28-11)19-23-12(2)25-29-19)17-5-6-21-18(24-17)14-7-22-16-4-3-13(20)9-27(14)16/h3-7,9,11,15H,8,10H2,1-2H3/t11-,15-/m0/s1. The summed E-state index contributed by atoms with van der Waals surface area (Å²) in [5.74, 6) is 2.43. The molecule has 0 saturated carbocycles. The summed E-state index contributed by atoms with van der Waals surface area (Å²) in [5, 5.41) is 4.49. The monoisotopic (exact) mass is 411 g/mol. The van der Waals surface area contributed by atoms with Gasteiger partial charge in [-0.1, -0.05) is 16.8 Å². The minimum absolute atomic E-state index is 0.0195. The second kappa shape index (κ2) is 7.09. The summed E-state index contributed by atoms with van der Waals surface area (Å²) in [7, 11) is 0. The van der Waals surface area contributed by atoms with Crippen LogP contribution in [0.4, 0.5) is 5.82 Å². The molecule has 0 radical (unpaired) electrons. The second-order valence-electron chi connectivity index (χ2n) is 6.98. The molecule has 0 aromatic carbocycles. The topological polar surface area (TPSA) is 94.5 Å². The number of fused-ring (bicyclic) bond motifs is 1. The highest BCUT2D eigenvalue weighted by molar-refractivity contribution is 6.30. The SMILES string of the molecule is Cc1noc([C@@H]2CN(c3ccnc(-c4cnc5ccc(Cl)cn45)n3)C[C@H](C)O2)n1. The number of pyridine rings is 1. The van der Waals surface area contributed by atoms with Gasteiger partial charge in [0.1, 0.15) is 17.2 Å².